The molecule has 0 saturated carbocycles. The molecule has 1 fully saturated rings. The number of likely N-dealkylation sites (N-methyl/N-ethyl adjacent to an activating group) is 1. The molecule has 12 nitrogen and oxygen atoms in total. The van der Waals surface area contributed by atoms with E-state index in [1.165, 1.54) is 7.11 Å². The van der Waals surface area contributed by atoms with Crippen LogP contribution in [0, 0.1) is 5.92 Å². The highest BCUT2D eigenvalue weighted by atomic mass is 35.5. The minimum Gasteiger partial charge on any atom is -0.491 e. The van der Waals surface area contributed by atoms with E-state index in [2.05, 4.69) is 15.4 Å². The Balaban J connectivity index is 1.89. The van der Waals surface area contributed by atoms with Gasteiger partial charge in [0.2, 0.25) is 0 Å². The summed E-state index contributed by atoms with van der Waals surface area (Å²) in [5, 5.41) is 6.16. The maximum atomic E-state index is 13.8. The SMILES string of the molecule is COCCOc1cc(C(=O)NCC(CC2CCCOC2)N(C)C(=O)OC(C)(C)C)cc(C(OCCNC(=O)OC)c2cccc(Cl)c2)c1. The molecule has 2 N–H and O–H groups in total. The summed E-state index contributed by atoms with van der Waals surface area (Å²) in [4.78, 5) is 40.0. The highest BCUT2D eigenvalue weighted by molar-refractivity contribution is 6.30. The molecule has 266 valence electrons. The van der Waals surface area contributed by atoms with E-state index >= 15 is 0 Å². The second-order valence-electron chi connectivity index (χ2n) is 12.6. The maximum absolute atomic E-state index is 13.8. The number of rotatable bonds is 16. The van der Waals surface area contributed by atoms with Crippen LogP contribution in [0.2, 0.25) is 5.02 Å². The number of hydrogen-bond donors (Lipinski definition) is 2. The highest BCUT2D eigenvalue weighted by Gasteiger charge is 2.29. The second kappa shape index (κ2) is 19.4. The topological polar surface area (TPSA) is 134 Å². The first kappa shape index (κ1) is 38.9. The van der Waals surface area contributed by atoms with Crippen molar-refractivity contribution in [2.45, 2.75) is 57.8 Å². The average Bonchev–Trinajstić information content (AvgIpc) is 3.05. The van der Waals surface area contributed by atoms with Gasteiger partial charge in [-0.15, -0.1) is 0 Å². The number of carbonyl (C=O) groups excluding carboxylic acids is 3. The van der Waals surface area contributed by atoms with Crippen LogP contribution in [0.25, 0.3) is 0 Å². The second-order valence-corrected chi connectivity index (χ2v) is 13.1. The van der Waals surface area contributed by atoms with Gasteiger partial charge < -0.3 is 44.0 Å². The summed E-state index contributed by atoms with van der Waals surface area (Å²) >= 11 is 6.34. The molecule has 13 heteroatoms. The molecule has 2 aromatic carbocycles. The van der Waals surface area contributed by atoms with Crippen molar-refractivity contribution in [1.82, 2.24) is 15.5 Å². The van der Waals surface area contributed by atoms with Gasteiger partial charge in [-0.1, -0.05) is 23.7 Å². The molecule has 2 aromatic rings. The first-order chi connectivity index (χ1) is 22.9. The summed E-state index contributed by atoms with van der Waals surface area (Å²) in [5.74, 6) is 0.340. The molecule has 0 radical (unpaired) electrons. The van der Waals surface area contributed by atoms with Crippen molar-refractivity contribution in [2.75, 3.05) is 67.4 Å². The molecule has 0 bridgehead atoms. The molecule has 3 atom stereocenters. The number of hydrogen-bond acceptors (Lipinski definition) is 9. The zero-order chi connectivity index (χ0) is 35.1. The summed E-state index contributed by atoms with van der Waals surface area (Å²) in [6.45, 7) is 7.94. The highest BCUT2D eigenvalue weighted by Crippen LogP contribution is 2.32. The maximum Gasteiger partial charge on any atom is 0.410 e. The number of nitrogens with one attached hydrogen (secondary N) is 2. The lowest BCUT2D eigenvalue weighted by atomic mass is 9.93. The number of methoxy groups -OCH3 is 2. The molecule has 1 aliphatic rings. The van der Waals surface area contributed by atoms with Gasteiger partial charge in [-0.25, -0.2) is 9.59 Å². The van der Waals surface area contributed by atoms with Gasteiger partial charge in [0.05, 0.1) is 26.4 Å². The lowest BCUT2D eigenvalue weighted by Gasteiger charge is -2.34. The van der Waals surface area contributed by atoms with Gasteiger partial charge in [-0.05, 0) is 87.4 Å². The molecular formula is C35H50ClN3O9. The minimum atomic E-state index is -0.663. The number of nitrogens with zero attached hydrogens (tertiary/aromatic N) is 1. The van der Waals surface area contributed by atoms with Crippen LogP contribution in [-0.2, 0) is 23.7 Å². The summed E-state index contributed by atoms with van der Waals surface area (Å²) in [6, 6.07) is 12.1. The van der Waals surface area contributed by atoms with E-state index < -0.39 is 23.9 Å². The smallest absolute Gasteiger partial charge is 0.410 e. The van der Waals surface area contributed by atoms with E-state index in [9.17, 15) is 14.4 Å². The molecule has 0 aromatic heterocycles. The molecule has 48 heavy (non-hydrogen) atoms. The fourth-order valence-corrected chi connectivity index (χ4v) is 5.44. The van der Waals surface area contributed by atoms with Gasteiger partial charge >= 0.3 is 12.2 Å². The van der Waals surface area contributed by atoms with Gasteiger partial charge in [0.15, 0.2) is 0 Å². The van der Waals surface area contributed by atoms with Gasteiger partial charge in [0, 0.05) is 51.0 Å². The molecule has 0 spiro atoms. The van der Waals surface area contributed by atoms with Crippen LogP contribution < -0.4 is 15.4 Å². The molecule has 1 heterocycles. The first-order valence-corrected chi connectivity index (χ1v) is 16.5. The predicted octanol–water partition coefficient (Wildman–Crippen LogP) is 5.61. The largest absolute Gasteiger partial charge is 0.491 e. The monoisotopic (exact) mass is 691 g/mol. The Kier molecular flexibility index (Phi) is 15.7. The van der Waals surface area contributed by atoms with Crippen LogP contribution in [0.3, 0.4) is 0 Å². The van der Waals surface area contributed by atoms with Crippen molar-refractivity contribution in [3.8, 4) is 5.75 Å². The molecule has 3 unspecified atom stereocenters. The summed E-state index contributed by atoms with van der Waals surface area (Å²) < 4.78 is 33.3. The average molecular weight is 692 g/mol. The Bertz CT molecular complexity index is 1330. The lowest BCUT2D eigenvalue weighted by Crippen LogP contribution is -2.48. The zero-order valence-electron chi connectivity index (χ0n) is 28.8. The number of benzene rings is 2. The van der Waals surface area contributed by atoms with E-state index in [1.807, 2.05) is 32.9 Å². The summed E-state index contributed by atoms with van der Waals surface area (Å²) in [7, 11) is 4.56. The molecule has 0 aliphatic carbocycles. The van der Waals surface area contributed by atoms with Crippen molar-refractivity contribution in [2.24, 2.45) is 5.92 Å². The van der Waals surface area contributed by atoms with Crippen molar-refractivity contribution < 1.29 is 42.8 Å². The van der Waals surface area contributed by atoms with Crippen LogP contribution >= 0.6 is 11.6 Å². The van der Waals surface area contributed by atoms with Gasteiger partial charge in [0.1, 0.15) is 24.1 Å². The standard InChI is InChI=1S/C35H50ClN3O9/c1-35(2,3)48-34(42)39(4)29(17-24-9-8-13-45-23-24)22-38-32(40)27-18-26(20-30(21-27)46-16-15-43-5)31(25-10-7-11-28(36)19-25)47-14-12-37-33(41)44-6/h7,10-11,18-21,24,29,31H,8-9,12-17,22-23H2,1-6H3,(H,37,41)(H,38,40). The minimum absolute atomic E-state index is 0.145. The predicted molar refractivity (Wildman–Crippen MR) is 182 cm³/mol. The quantitative estimate of drug-likeness (QED) is 0.216. The molecular weight excluding hydrogens is 642 g/mol. The molecule has 1 aliphatic heterocycles. The Labute approximate surface area is 288 Å². The number of carbonyl (C=O) groups is 3. The third-order valence-corrected chi connectivity index (χ3v) is 7.87. The Morgan fingerprint density at radius 2 is 1.83 bits per heavy atom. The number of alkyl carbamates (subject to hydrolysis) is 1. The van der Waals surface area contributed by atoms with Crippen molar-refractivity contribution in [1.29, 1.82) is 0 Å². The van der Waals surface area contributed by atoms with Crippen LogP contribution in [0.4, 0.5) is 9.59 Å². The number of amides is 3. The van der Waals surface area contributed by atoms with Crippen LogP contribution in [0.5, 0.6) is 5.75 Å². The van der Waals surface area contributed by atoms with Crippen molar-refractivity contribution in [3.05, 3.63) is 64.2 Å². The Morgan fingerprint density at radius 3 is 2.50 bits per heavy atom. The van der Waals surface area contributed by atoms with Crippen LogP contribution in [0.15, 0.2) is 42.5 Å². The number of ether oxygens (including phenoxy) is 6. The first-order valence-electron chi connectivity index (χ1n) is 16.2. The van der Waals surface area contributed by atoms with Crippen LogP contribution in [-0.4, -0.2) is 102 Å². The Hall–Kier alpha value is -3.58. The van der Waals surface area contributed by atoms with E-state index in [0.29, 0.717) is 41.5 Å². The zero-order valence-corrected chi connectivity index (χ0v) is 29.6. The van der Waals surface area contributed by atoms with E-state index in [4.69, 9.17) is 35.3 Å². The lowest BCUT2D eigenvalue weighted by molar-refractivity contribution is 0.0112. The fraction of sp³-hybridized carbons (Fsp3) is 0.571. The van der Waals surface area contributed by atoms with Gasteiger partial charge in [0.25, 0.3) is 5.91 Å². The van der Waals surface area contributed by atoms with Crippen molar-refractivity contribution in [3.63, 3.8) is 0 Å². The third kappa shape index (κ3) is 13.1. The van der Waals surface area contributed by atoms with Gasteiger partial charge in [-0.2, -0.15) is 0 Å². The molecule has 3 rings (SSSR count). The van der Waals surface area contributed by atoms with Crippen molar-refractivity contribution >= 4 is 29.7 Å². The van der Waals surface area contributed by atoms with E-state index in [-0.39, 0.29) is 44.2 Å². The molecule has 1 saturated heterocycles. The number of halogens is 1. The summed E-state index contributed by atoms with van der Waals surface area (Å²) in [5.41, 5.74) is 1.05. The van der Waals surface area contributed by atoms with Crippen LogP contribution in [0.1, 0.15) is 67.6 Å². The summed E-state index contributed by atoms with van der Waals surface area (Å²) in [6.07, 6.45) is 0.892. The normalized spacial score (nSPS) is 15.9. The Morgan fingerprint density at radius 1 is 1.04 bits per heavy atom. The van der Waals surface area contributed by atoms with Gasteiger partial charge in [-0.3, -0.25) is 4.79 Å². The third-order valence-electron chi connectivity index (χ3n) is 7.63. The van der Waals surface area contributed by atoms with E-state index in [0.717, 1.165) is 25.0 Å². The van der Waals surface area contributed by atoms with E-state index in [1.54, 1.807) is 49.4 Å². The fourth-order valence-electron chi connectivity index (χ4n) is 5.24. The molecule has 3 amide bonds.